The lowest BCUT2D eigenvalue weighted by atomic mass is 10.1. The minimum atomic E-state index is -1.39. The normalized spacial score (nSPS) is 10.9. The van der Waals surface area contributed by atoms with Crippen LogP contribution in [0.5, 0.6) is 0 Å². The fourth-order valence-corrected chi connectivity index (χ4v) is 1.95. The van der Waals surface area contributed by atoms with Crippen molar-refractivity contribution in [2.24, 2.45) is 0 Å². The number of halogens is 3. The van der Waals surface area contributed by atoms with Gasteiger partial charge >= 0.3 is 0 Å². The van der Waals surface area contributed by atoms with Crippen molar-refractivity contribution >= 4 is 10.9 Å². The van der Waals surface area contributed by atoms with Gasteiger partial charge in [0.2, 0.25) is 0 Å². The molecule has 0 radical (unpaired) electrons. The Bertz CT molecular complexity index is 874. The zero-order valence-electron chi connectivity index (χ0n) is 9.95. The Kier molecular flexibility index (Phi) is 2.78. The van der Waals surface area contributed by atoms with E-state index < -0.39 is 28.6 Å². The largest absolute Gasteiger partial charge is 0.306 e. The SMILES string of the molecule is O=c1[nH]c(-c2c(F)ccc(F)c2F)nc2ccccc12. The second kappa shape index (κ2) is 4.48. The smallest absolute Gasteiger partial charge is 0.259 e. The van der Waals surface area contributed by atoms with Crippen LogP contribution in [0.1, 0.15) is 0 Å². The summed E-state index contributed by atoms with van der Waals surface area (Å²) in [6.45, 7) is 0. The fraction of sp³-hybridized carbons (Fsp3) is 0. The molecule has 0 amide bonds. The molecule has 0 aliphatic heterocycles. The van der Waals surface area contributed by atoms with Gasteiger partial charge in [0.05, 0.1) is 16.5 Å². The number of para-hydroxylation sites is 1. The summed E-state index contributed by atoms with van der Waals surface area (Å²) >= 11 is 0. The second-order valence-electron chi connectivity index (χ2n) is 4.15. The van der Waals surface area contributed by atoms with Gasteiger partial charge in [0.15, 0.2) is 11.6 Å². The third-order valence-electron chi connectivity index (χ3n) is 2.89. The molecule has 6 heteroatoms. The van der Waals surface area contributed by atoms with Crippen molar-refractivity contribution in [3.8, 4) is 11.4 Å². The van der Waals surface area contributed by atoms with Crippen LogP contribution in [-0.2, 0) is 0 Å². The molecule has 0 spiro atoms. The highest BCUT2D eigenvalue weighted by molar-refractivity contribution is 5.79. The van der Waals surface area contributed by atoms with Gasteiger partial charge in [-0.05, 0) is 24.3 Å². The standard InChI is InChI=1S/C14H7F3N2O/c15-8-5-6-9(16)12(17)11(8)13-18-10-4-2-1-3-7(10)14(20)19-13/h1-6H,(H,18,19,20). The molecule has 1 aromatic heterocycles. The number of fused-ring (bicyclic) bond motifs is 1. The summed E-state index contributed by atoms with van der Waals surface area (Å²) in [5.74, 6) is -3.94. The molecule has 2 aromatic carbocycles. The monoisotopic (exact) mass is 276 g/mol. The number of hydrogen-bond donors (Lipinski definition) is 1. The van der Waals surface area contributed by atoms with Crippen LogP contribution in [0.3, 0.4) is 0 Å². The average Bonchev–Trinajstić information content (AvgIpc) is 2.44. The first kappa shape index (κ1) is 12.4. The van der Waals surface area contributed by atoms with Crippen molar-refractivity contribution in [2.75, 3.05) is 0 Å². The maximum Gasteiger partial charge on any atom is 0.259 e. The summed E-state index contributed by atoms with van der Waals surface area (Å²) in [5.41, 5.74) is -0.962. The van der Waals surface area contributed by atoms with Gasteiger partial charge < -0.3 is 4.98 Å². The summed E-state index contributed by atoms with van der Waals surface area (Å²) in [7, 11) is 0. The molecule has 3 rings (SSSR count). The average molecular weight is 276 g/mol. The number of hydrogen-bond acceptors (Lipinski definition) is 2. The number of nitrogens with zero attached hydrogens (tertiary/aromatic N) is 1. The molecule has 0 atom stereocenters. The molecule has 20 heavy (non-hydrogen) atoms. The minimum Gasteiger partial charge on any atom is -0.306 e. The van der Waals surface area contributed by atoms with E-state index in [1.807, 2.05) is 0 Å². The first-order valence-corrected chi connectivity index (χ1v) is 5.71. The molecule has 0 saturated heterocycles. The lowest BCUT2D eigenvalue weighted by Gasteiger charge is -2.06. The van der Waals surface area contributed by atoms with E-state index in [0.29, 0.717) is 6.07 Å². The van der Waals surface area contributed by atoms with Gasteiger partial charge in [-0.2, -0.15) is 0 Å². The van der Waals surface area contributed by atoms with Gasteiger partial charge in [0.25, 0.3) is 5.56 Å². The van der Waals surface area contributed by atoms with Crippen molar-refractivity contribution < 1.29 is 13.2 Å². The van der Waals surface area contributed by atoms with Crippen LogP contribution in [-0.4, -0.2) is 9.97 Å². The molecule has 0 fully saturated rings. The first-order valence-electron chi connectivity index (χ1n) is 5.71. The highest BCUT2D eigenvalue weighted by Gasteiger charge is 2.18. The Morgan fingerprint density at radius 3 is 2.45 bits per heavy atom. The third-order valence-corrected chi connectivity index (χ3v) is 2.89. The van der Waals surface area contributed by atoms with E-state index in [-0.39, 0.29) is 16.7 Å². The van der Waals surface area contributed by atoms with E-state index >= 15 is 0 Å². The number of nitrogens with one attached hydrogen (secondary N) is 1. The minimum absolute atomic E-state index is 0.273. The van der Waals surface area contributed by atoms with Gasteiger partial charge in [0, 0.05) is 0 Å². The summed E-state index contributed by atoms with van der Waals surface area (Å²) < 4.78 is 40.6. The molecule has 100 valence electrons. The first-order chi connectivity index (χ1) is 9.58. The summed E-state index contributed by atoms with van der Waals surface area (Å²) in [4.78, 5) is 18.1. The number of aromatic amines is 1. The maximum absolute atomic E-state index is 13.7. The molecule has 3 nitrogen and oxygen atoms in total. The van der Waals surface area contributed by atoms with E-state index in [2.05, 4.69) is 9.97 Å². The number of H-pyrrole nitrogens is 1. The van der Waals surface area contributed by atoms with Gasteiger partial charge in [-0.15, -0.1) is 0 Å². The highest BCUT2D eigenvalue weighted by atomic mass is 19.2. The number of benzene rings is 2. The fourth-order valence-electron chi connectivity index (χ4n) is 1.95. The van der Waals surface area contributed by atoms with Crippen molar-refractivity contribution in [3.05, 3.63) is 64.2 Å². The molecule has 0 unspecified atom stereocenters. The molecule has 1 heterocycles. The van der Waals surface area contributed by atoms with Gasteiger partial charge in [-0.1, -0.05) is 12.1 Å². The molecule has 3 aromatic rings. The van der Waals surface area contributed by atoms with Crippen molar-refractivity contribution in [1.82, 2.24) is 9.97 Å². The number of aromatic nitrogens is 2. The van der Waals surface area contributed by atoms with Crippen molar-refractivity contribution in [2.45, 2.75) is 0 Å². The molecule has 0 saturated carbocycles. The van der Waals surface area contributed by atoms with Gasteiger partial charge in [-0.25, -0.2) is 18.2 Å². The lowest BCUT2D eigenvalue weighted by Crippen LogP contribution is -2.11. The second-order valence-corrected chi connectivity index (χ2v) is 4.15. The molecule has 0 aliphatic rings. The summed E-state index contributed by atoms with van der Waals surface area (Å²) in [6.07, 6.45) is 0. The summed E-state index contributed by atoms with van der Waals surface area (Å²) in [5, 5.41) is 0.286. The predicted octanol–water partition coefficient (Wildman–Crippen LogP) is 3.01. The molecule has 0 aliphatic carbocycles. The van der Waals surface area contributed by atoms with Crippen LogP contribution < -0.4 is 5.56 Å². The summed E-state index contributed by atoms with van der Waals surface area (Å²) in [6, 6.07) is 7.79. The van der Waals surface area contributed by atoms with Gasteiger partial charge in [0.1, 0.15) is 11.6 Å². The van der Waals surface area contributed by atoms with Crippen LogP contribution >= 0.6 is 0 Å². The van der Waals surface area contributed by atoms with Crippen LogP contribution in [0.4, 0.5) is 13.2 Å². The van der Waals surface area contributed by atoms with E-state index in [1.165, 1.54) is 12.1 Å². The maximum atomic E-state index is 13.7. The van der Waals surface area contributed by atoms with Crippen LogP contribution in [0.15, 0.2) is 41.2 Å². The Balaban J connectivity index is 2.36. The quantitative estimate of drug-likeness (QED) is 0.694. The Morgan fingerprint density at radius 2 is 1.65 bits per heavy atom. The topological polar surface area (TPSA) is 45.8 Å². The Hall–Kier alpha value is -2.63. The molecular weight excluding hydrogens is 269 g/mol. The van der Waals surface area contributed by atoms with E-state index in [4.69, 9.17) is 0 Å². The molecule has 0 bridgehead atoms. The van der Waals surface area contributed by atoms with Crippen molar-refractivity contribution in [1.29, 1.82) is 0 Å². The number of rotatable bonds is 1. The lowest BCUT2D eigenvalue weighted by molar-refractivity contribution is 0.498. The van der Waals surface area contributed by atoms with Crippen LogP contribution in [0.2, 0.25) is 0 Å². The Labute approximate surface area is 110 Å². The zero-order valence-corrected chi connectivity index (χ0v) is 9.95. The highest BCUT2D eigenvalue weighted by Crippen LogP contribution is 2.25. The van der Waals surface area contributed by atoms with Gasteiger partial charge in [-0.3, -0.25) is 4.79 Å². The van der Waals surface area contributed by atoms with Crippen LogP contribution in [0.25, 0.3) is 22.3 Å². The molecular formula is C14H7F3N2O. The van der Waals surface area contributed by atoms with E-state index in [0.717, 1.165) is 6.07 Å². The zero-order chi connectivity index (χ0) is 14.3. The van der Waals surface area contributed by atoms with E-state index in [9.17, 15) is 18.0 Å². The van der Waals surface area contributed by atoms with E-state index in [1.54, 1.807) is 12.1 Å². The van der Waals surface area contributed by atoms with Crippen LogP contribution in [0, 0.1) is 17.5 Å². The third kappa shape index (κ3) is 1.85. The van der Waals surface area contributed by atoms with Crippen molar-refractivity contribution in [3.63, 3.8) is 0 Å². The Morgan fingerprint density at radius 1 is 0.950 bits per heavy atom. The predicted molar refractivity (Wildman–Crippen MR) is 67.7 cm³/mol. The molecule has 1 N–H and O–H groups in total.